The molecule has 3 heteroatoms. The molecule has 0 aromatic heterocycles. The van der Waals surface area contributed by atoms with Crippen molar-refractivity contribution >= 4 is 16.7 Å². The highest BCUT2D eigenvalue weighted by Crippen LogP contribution is 2.20. The lowest BCUT2D eigenvalue weighted by atomic mass is 9.98. The second-order valence-electron chi connectivity index (χ2n) is 7.12. The Kier molecular flexibility index (Phi) is 6.38. The lowest BCUT2D eigenvalue weighted by Gasteiger charge is -2.19. The fourth-order valence-electron chi connectivity index (χ4n) is 2.57. The molecule has 130 valence electrons. The number of benzene rings is 2. The summed E-state index contributed by atoms with van der Waals surface area (Å²) in [6.45, 7) is 7.32. The predicted octanol–water partition coefficient (Wildman–Crippen LogP) is 4.33. The molecule has 0 atom stereocenters. The summed E-state index contributed by atoms with van der Waals surface area (Å²) in [5, 5.41) is 11.5. The number of allylic oxidation sites excluding steroid dienone is 1. The largest absolute Gasteiger partial charge is 0.480 e. The van der Waals surface area contributed by atoms with Crippen LogP contribution in [0.4, 0.5) is 0 Å². The Balaban J connectivity index is 2.13. The maximum atomic E-state index is 11.2. The molecule has 0 saturated heterocycles. The van der Waals surface area contributed by atoms with Crippen molar-refractivity contribution in [1.82, 2.24) is 4.90 Å². The highest BCUT2D eigenvalue weighted by atomic mass is 16.4. The molecule has 0 aliphatic rings. The molecule has 0 spiro atoms. The van der Waals surface area contributed by atoms with Crippen LogP contribution >= 0.6 is 0 Å². The fourth-order valence-corrected chi connectivity index (χ4v) is 2.57. The van der Waals surface area contributed by atoms with Gasteiger partial charge in [0, 0.05) is 18.5 Å². The highest BCUT2D eigenvalue weighted by molar-refractivity contribution is 5.85. The minimum absolute atomic E-state index is 0.000259. The van der Waals surface area contributed by atoms with Crippen molar-refractivity contribution in [3.8, 4) is 11.8 Å². The first kappa shape index (κ1) is 18.8. The minimum atomic E-state index is -0.825. The van der Waals surface area contributed by atoms with E-state index in [1.54, 1.807) is 0 Å². The van der Waals surface area contributed by atoms with Gasteiger partial charge in [-0.1, -0.05) is 60.4 Å². The summed E-state index contributed by atoms with van der Waals surface area (Å²) in [6.07, 6.45) is 3.73. The van der Waals surface area contributed by atoms with Crippen LogP contribution in [0.15, 0.2) is 54.6 Å². The fraction of sp³-hybridized carbons (Fsp3) is 0.318. The number of hydrogen-bond donors (Lipinski definition) is 1. The van der Waals surface area contributed by atoms with E-state index in [1.807, 2.05) is 35.3 Å². The third-order valence-electron chi connectivity index (χ3n) is 3.64. The second kappa shape index (κ2) is 8.50. The third kappa shape index (κ3) is 6.45. The van der Waals surface area contributed by atoms with Gasteiger partial charge in [0.2, 0.25) is 0 Å². The molecule has 0 fully saturated rings. The molecule has 0 bridgehead atoms. The molecular weight excluding hydrogens is 310 g/mol. The molecule has 3 nitrogen and oxygen atoms in total. The van der Waals surface area contributed by atoms with Gasteiger partial charge in [-0.25, -0.2) is 0 Å². The van der Waals surface area contributed by atoms with E-state index in [1.165, 1.54) is 5.39 Å². The maximum Gasteiger partial charge on any atom is 0.317 e. The standard InChI is InChI=1S/C22H25NO2/c1-22(2,3)14-7-4-8-15-23(17-21(24)25)16-19-12-9-11-18-10-5-6-13-20(18)19/h4-6,8-13H,15-17H2,1-3H3,(H,24,25)/b8-4+. The van der Waals surface area contributed by atoms with Crippen LogP contribution in [0.5, 0.6) is 0 Å². The first-order valence-corrected chi connectivity index (χ1v) is 8.44. The van der Waals surface area contributed by atoms with Crippen LogP contribution in [-0.2, 0) is 11.3 Å². The van der Waals surface area contributed by atoms with Crippen molar-refractivity contribution in [3.63, 3.8) is 0 Å². The van der Waals surface area contributed by atoms with Crippen LogP contribution in [0.3, 0.4) is 0 Å². The normalized spacial score (nSPS) is 11.7. The zero-order valence-electron chi connectivity index (χ0n) is 15.1. The second-order valence-corrected chi connectivity index (χ2v) is 7.12. The van der Waals surface area contributed by atoms with Crippen LogP contribution < -0.4 is 0 Å². The zero-order valence-corrected chi connectivity index (χ0v) is 15.1. The average Bonchev–Trinajstić information content (AvgIpc) is 2.53. The van der Waals surface area contributed by atoms with Crippen LogP contribution in [0.2, 0.25) is 0 Å². The summed E-state index contributed by atoms with van der Waals surface area (Å²) in [7, 11) is 0. The number of aliphatic carboxylic acids is 1. The first-order chi connectivity index (χ1) is 11.8. The van der Waals surface area contributed by atoms with E-state index in [0.717, 1.165) is 10.9 Å². The van der Waals surface area contributed by atoms with E-state index >= 15 is 0 Å². The number of hydrogen-bond acceptors (Lipinski definition) is 2. The lowest BCUT2D eigenvalue weighted by Crippen LogP contribution is -2.29. The van der Waals surface area contributed by atoms with Crippen molar-refractivity contribution in [3.05, 3.63) is 60.2 Å². The van der Waals surface area contributed by atoms with Gasteiger partial charge in [0.25, 0.3) is 0 Å². The van der Waals surface area contributed by atoms with Gasteiger partial charge in [0.05, 0.1) is 6.54 Å². The van der Waals surface area contributed by atoms with Crippen molar-refractivity contribution in [1.29, 1.82) is 0 Å². The van der Waals surface area contributed by atoms with Crippen LogP contribution in [-0.4, -0.2) is 29.1 Å². The molecule has 25 heavy (non-hydrogen) atoms. The zero-order chi connectivity index (χ0) is 18.3. The molecule has 0 aliphatic carbocycles. The van der Waals surface area contributed by atoms with Crippen molar-refractivity contribution in [2.45, 2.75) is 27.3 Å². The number of carbonyl (C=O) groups is 1. The number of rotatable bonds is 6. The lowest BCUT2D eigenvalue weighted by molar-refractivity contribution is -0.138. The van der Waals surface area contributed by atoms with Crippen LogP contribution in [0.25, 0.3) is 10.8 Å². The van der Waals surface area contributed by atoms with E-state index < -0.39 is 5.97 Å². The van der Waals surface area contributed by atoms with Gasteiger partial charge < -0.3 is 5.11 Å². The van der Waals surface area contributed by atoms with Crippen LogP contribution in [0.1, 0.15) is 26.3 Å². The van der Waals surface area contributed by atoms with Crippen molar-refractivity contribution in [2.75, 3.05) is 13.1 Å². The summed E-state index contributed by atoms with van der Waals surface area (Å²) in [5.74, 6) is 5.34. The van der Waals surface area contributed by atoms with E-state index in [4.69, 9.17) is 0 Å². The van der Waals surface area contributed by atoms with E-state index in [9.17, 15) is 9.90 Å². The highest BCUT2D eigenvalue weighted by Gasteiger charge is 2.10. The molecule has 0 heterocycles. The van der Waals surface area contributed by atoms with Gasteiger partial charge in [-0.2, -0.15) is 0 Å². The topological polar surface area (TPSA) is 40.5 Å². The Bertz CT molecular complexity index is 814. The number of carboxylic acids is 1. The Morgan fingerprint density at radius 3 is 2.60 bits per heavy atom. The SMILES string of the molecule is CC(C)(C)C#C/C=C/CN(CC(=O)O)Cc1cccc2ccccc12. The Hall–Kier alpha value is -2.57. The molecule has 0 saturated carbocycles. The van der Waals surface area contributed by atoms with E-state index in [0.29, 0.717) is 13.1 Å². The monoisotopic (exact) mass is 335 g/mol. The minimum Gasteiger partial charge on any atom is -0.480 e. The number of carboxylic acid groups (broad SMARTS) is 1. The molecular formula is C22H25NO2. The quantitative estimate of drug-likeness (QED) is 0.799. The van der Waals surface area contributed by atoms with Crippen molar-refractivity contribution < 1.29 is 9.90 Å². The summed E-state index contributed by atoms with van der Waals surface area (Å²) in [5.41, 5.74) is 1.10. The van der Waals surface area contributed by atoms with Gasteiger partial charge >= 0.3 is 5.97 Å². The molecule has 0 unspecified atom stereocenters. The predicted molar refractivity (Wildman–Crippen MR) is 103 cm³/mol. The van der Waals surface area contributed by atoms with Gasteiger partial charge in [-0.05, 0) is 43.2 Å². The third-order valence-corrected chi connectivity index (χ3v) is 3.64. The van der Waals surface area contributed by atoms with Crippen LogP contribution in [0, 0.1) is 17.3 Å². The maximum absolute atomic E-state index is 11.2. The number of fused-ring (bicyclic) bond motifs is 1. The van der Waals surface area contributed by atoms with E-state index in [-0.39, 0.29) is 12.0 Å². The first-order valence-electron chi connectivity index (χ1n) is 8.44. The van der Waals surface area contributed by atoms with Gasteiger partial charge in [-0.15, -0.1) is 0 Å². The summed E-state index contributed by atoms with van der Waals surface area (Å²) >= 11 is 0. The average molecular weight is 335 g/mol. The van der Waals surface area contributed by atoms with E-state index in [2.05, 4.69) is 56.9 Å². The van der Waals surface area contributed by atoms with Crippen molar-refractivity contribution in [2.24, 2.45) is 5.41 Å². The molecule has 0 radical (unpaired) electrons. The summed E-state index contributed by atoms with van der Waals surface area (Å²) in [4.78, 5) is 13.1. The van der Waals surface area contributed by atoms with Gasteiger partial charge in [-0.3, -0.25) is 9.69 Å². The number of nitrogens with zero attached hydrogens (tertiary/aromatic N) is 1. The molecule has 2 aromatic carbocycles. The molecule has 2 rings (SSSR count). The Morgan fingerprint density at radius 1 is 1.16 bits per heavy atom. The molecule has 1 N–H and O–H groups in total. The smallest absolute Gasteiger partial charge is 0.317 e. The Morgan fingerprint density at radius 2 is 1.88 bits per heavy atom. The van der Waals surface area contributed by atoms with Gasteiger partial charge in [0.15, 0.2) is 0 Å². The molecule has 0 aliphatic heterocycles. The van der Waals surface area contributed by atoms with Gasteiger partial charge in [0.1, 0.15) is 0 Å². The molecule has 0 amide bonds. The summed E-state index contributed by atoms with van der Waals surface area (Å²) < 4.78 is 0. The Labute approximate surface area is 150 Å². The molecule has 2 aromatic rings. The summed E-state index contributed by atoms with van der Waals surface area (Å²) in [6, 6.07) is 14.3.